The van der Waals surface area contributed by atoms with Gasteiger partial charge in [0, 0.05) is 30.9 Å². The predicted octanol–water partition coefficient (Wildman–Crippen LogP) is 2.66. The molecule has 0 aliphatic carbocycles. The van der Waals surface area contributed by atoms with Crippen molar-refractivity contribution in [1.82, 2.24) is 5.32 Å². The van der Waals surface area contributed by atoms with Gasteiger partial charge in [-0.25, -0.2) is 4.39 Å². The van der Waals surface area contributed by atoms with E-state index in [-0.39, 0.29) is 5.82 Å². The predicted molar refractivity (Wildman–Crippen MR) is 76.4 cm³/mol. The summed E-state index contributed by atoms with van der Waals surface area (Å²) >= 11 is 0. The van der Waals surface area contributed by atoms with Crippen molar-refractivity contribution >= 4 is 5.69 Å². The highest BCUT2D eigenvalue weighted by Gasteiger charge is 2.21. The zero-order valence-corrected chi connectivity index (χ0v) is 11.9. The van der Waals surface area contributed by atoms with Gasteiger partial charge in [0.25, 0.3) is 0 Å². The Kier molecular flexibility index (Phi) is 4.64. The lowest BCUT2D eigenvalue weighted by molar-refractivity contribution is 0.386. The molecule has 2 rings (SSSR count). The molecule has 1 fully saturated rings. The van der Waals surface area contributed by atoms with E-state index >= 15 is 0 Å². The van der Waals surface area contributed by atoms with Crippen molar-refractivity contribution in [2.75, 3.05) is 31.6 Å². The van der Waals surface area contributed by atoms with Crippen molar-refractivity contribution in [3.05, 3.63) is 24.0 Å². The van der Waals surface area contributed by atoms with Gasteiger partial charge < -0.3 is 15.0 Å². The Morgan fingerprint density at radius 3 is 2.89 bits per heavy atom. The Morgan fingerprint density at radius 1 is 1.42 bits per heavy atom. The minimum atomic E-state index is -0.306. The van der Waals surface area contributed by atoms with Gasteiger partial charge in [-0.1, -0.05) is 13.8 Å². The Hall–Kier alpha value is -1.29. The second kappa shape index (κ2) is 6.24. The average Bonchev–Trinajstić information content (AvgIpc) is 2.65. The molecule has 4 heteroatoms. The molecule has 0 amide bonds. The quantitative estimate of drug-likeness (QED) is 0.910. The number of ether oxygens (including phenoxy) is 1. The van der Waals surface area contributed by atoms with Crippen molar-refractivity contribution in [2.24, 2.45) is 5.92 Å². The zero-order valence-electron chi connectivity index (χ0n) is 11.9. The summed E-state index contributed by atoms with van der Waals surface area (Å²) in [5, 5.41) is 3.57. The third kappa shape index (κ3) is 3.38. The first kappa shape index (κ1) is 14.1. The maximum atomic E-state index is 13.5. The van der Waals surface area contributed by atoms with Crippen LogP contribution in [0.2, 0.25) is 0 Å². The molecule has 1 aromatic carbocycles. The summed E-state index contributed by atoms with van der Waals surface area (Å²) in [4.78, 5) is 2.31. The molecule has 1 unspecified atom stereocenters. The molecule has 0 spiro atoms. The fourth-order valence-corrected chi connectivity index (χ4v) is 2.48. The van der Waals surface area contributed by atoms with Crippen molar-refractivity contribution < 1.29 is 9.13 Å². The van der Waals surface area contributed by atoms with Gasteiger partial charge in [-0.05, 0) is 31.0 Å². The molecule has 0 aromatic heterocycles. The van der Waals surface area contributed by atoms with Gasteiger partial charge in [0.15, 0.2) is 11.6 Å². The number of anilines is 1. The summed E-state index contributed by atoms with van der Waals surface area (Å²) in [6, 6.07) is 5.58. The molecular formula is C15H23FN2O. The minimum absolute atomic E-state index is 0.306. The second-order valence-corrected chi connectivity index (χ2v) is 5.42. The van der Waals surface area contributed by atoms with E-state index in [1.54, 1.807) is 6.07 Å². The minimum Gasteiger partial charge on any atom is -0.494 e. The summed E-state index contributed by atoms with van der Waals surface area (Å²) in [6.07, 6.45) is 1.10. The number of nitrogens with zero attached hydrogens (tertiary/aromatic N) is 1. The number of hydrogen-bond donors (Lipinski definition) is 1. The Morgan fingerprint density at radius 2 is 2.21 bits per heavy atom. The van der Waals surface area contributed by atoms with Crippen LogP contribution in [0.5, 0.6) is 5.75 Å². The maximum absolute atomic E-state index is 13.5. The number of halogens is 1. The molecule has 0 saturated carbocycles. The molecule has 1 N–H and O–H groups in total. The highest BCUT2D eigenvalue weighted by Crippen LogP contribution is 2.25. The maximum Gasteiger partial charge on any atom is 0.165 e. The molecule has 1 aliphatic rings. The van der Waals surface area contributed by atoms with Crippen LogP contribution in [0.1, 0.15) is 20.3 Å². The van der Waals surface area contributed by atoms with Crippen LogP contribution in [0.15, 0.2) is 18.2 Å². The molecule has 1 heterocycles. The van der Waals surface area contributed by atoms with Crippen LogP contribution in [-0.2, 0) is 0 Å². The summed E-state index contributed by atoms with van der Waals surface area (Å²) in [5.74, 6) is 0.596. The third-order valence-electron chi connectivity index (χ3n) is 3.73. The lowest BCUT2D eigenvalue weighted by Gasteiger charge is -2.28. The van der Waals surface area contributed by atoms with E-state index in [0.29, 0.717) is 17.7 Å². The summed E-state index contributed by atoms with van der Waals surface area (Å²) in [6.45, 7) is 7.44. The lowest BCUT2D eigenvalue weighted by atomic mass is 10.0. The number of rotatable bonds is 3. The van der Waals surface area contributed by atoms with E-state index in [2.05, 4.69) is 24.1 Å². The Labute approximate surface area is 114 Å². The smallest absolute Gasteiger partial charge is 0.165 e. The van der Waals surface area contributed by atoms with E-state index in [9.17, 15) is 4.39 Å². The van der Waals surface area contributed by atoms with Crippen LogP contribution < -0.4 is 15.0 Å². The molecular weight excluding hydrogens is 243 g/mol. The first-order valence-corrected chi connectivity index (χ1v) is 6.93. The number of methoxy groups -OCH3 is 1. The Balaban J connectivity index is 2.19. The summed E-state index contributed by atoms with van der Waals surface area (Å²) < 4.78 is 18.5. The van der Waals surface area contributed by atoms with E-state index in [0.717, 1.165) is 31.7 Å². The van der Waals surface area contributed by atoms with Gasteiger partial charge in [-0.3, -0.25) is 0 Å². The summed E-state index contributed by atoms with van der Waals surface area (Å²) in [5.41, 5.74) is 1.03. The normalized spacial score (nSPS) is 20.5. The van der Waals surface area contributed by atoms with Gasteiger partial charge in [0.1, 0.15) is 0 Å². The monoisotopic (exact) mass is 266 g/mol. The van der Waals surface area contributed by atoms with Crippen molar-refractivity contribution in [3.8, 4) is 5.75 Å². The van der Waals surface area contributed by atoms with Crippen LogP contribution in [0, 0.1) is 11.7 Å². The number of benzene rings is 1. The molecule has 1 aromatic rings. The first-order chi connectivity index (χ1) is 9.11. The number of hydrogen-bond acceptors (Lipinski definition) is 3. The highest BCUT2D eigenvalue weighted by molar-refractivity contribution is 5.51. The fourth-order valence-electron chi connectivity index (χ4n) is 2.48. The SMILES string of the molecule is COc1cc(N2CCCNC(C(C)C)C2)ccc1F. The van der Waals surface area contributed by atoms with Crippen LogP contribution in [0.25, 0.3) is 0 Å². The van der Waals surface area contributed by atoms with Crippen molar-refractivity contribution in [3.63, 3.8) is 0 Å². The van der Waals surface area contributed by atoms with Gasteiger partial charge in [0.05, 0.1) is 7.11 Å². The molecule has 1 atom stereocenters. The molecule has 3 nitrogen and oxygen atoms in total. The largest absolute Gasteiger partial charge is 0.494 e. The van der Waals surface area contributed by atoms with E-state index < -0.39 is 0 Å². The third-order valence-corrected chi connectivity index (χ3v) is 3.73. The zero-order chi connectivity index (χ0) is 13.8. The van der Waals surface area contributed by atoms with E-state index in [4.69, 9.17) is 4.74 Å². The average molecular weight is 266 g/mol. The van der Waals surface area contributed by atoms with Crippen LogP contribution in [-0.4, -0.2) is 32.8 Å². The first-order valence-electron chi connectivity index (χ1n) is 6.93. The molecule has 106 valence electrons. The van der Waals surface area contributed by atoms with Crippen molar-refractivity contribution in [2.45, 2.75) is 26.3 Å². The molecule has 0 bridgehead atoms. The van der Waals surface area contributed by atoms with Gasteiger partial charge >= 0.3 is 0 Å². The van der Waals surface area contributed by atoms with Gasteiger partial charge in [-0.15, -0.1) is 0 Å². The highest BCUT2D eigenvalue weighted by atomic mass is 19.1. The summed E-state index contributed by atoms with van der Waals surface area (Å²) in [7, 11) is 1.50. The van der Waals surface area contributed by atoms with Gasteiger partial charge in [-0.2, -0.15) is 0 Å². The van der Waals surface area contributed by atoms with Crippen molar-refractivity contribution in [1.29, 1.82) is 0 Å². The topological polar surface area (TPSA) is 24.5 Å². The number of nitrogens with one attached hydrogen (secondary N) is 1. The van der Waals surface area contributed by atoms with Crippen LogP contribution in [0.4, 0.5) is 10.1 Å². The van der Waals surface area contributed by atoms with Crippen LogP contribution >= 0.6 is 0 Å². The molecule has 1 aliphatic heterocycles. The Bertz CT molecular complexity index is 423. The second-order valence-electron chi connectivity index (χ2n) is 5.42. The standard InChI is InChI=1S/C15H23FN2O/c1-11(2)14-10-18(8-4-7-17-14)12-5-6-13(16)15(9-12)19-3/h5-6,9,11,14,17H,4,7-8,10H2,1-3H3. The van der Waals surface area contributed by atoms with E-state index in [1.807, 2.05) is 6.07 Å². The van der Waals surface area contributed by atoms with Crippen LogP contribution in [0.3, 0.4) is 0 Å². The molecule has 19 heavy (non-hydrogen) atoms. The fraction of sp³-hybridized carbons (Fsp3) is 0.600. The molecule has 1 saturated heterocycles. The van der Waals surface area contributed by atoms with E-state index in [1.165, 1.54) is 13.2 Å². The molecule has 0 radical (unpaired) electrons. The lowest BCUT2D eigenvalue weighted by Crippen LogP contribution is -2.41. The van der Waals surface area contributed by atoms with Gasteiger partial charge in [0.2, 0.25) is 0 Å².